The van der Waals surface area contributed by atoms with E-state index in [1.54, 1.807) is 80.2 Å². The molecule has 0 unspecified atom stereocenters. The Kier molecular flexibility index (Phi) is 35.4. The van der Waals surface area contributed by atoms with E-state index in [1.807, 2.05) is 355 Å². The van der Waals surface area contributed by atoms with E-state index in [4.69, 9.17) is 4.42 Å². The Morgan fingerprint density at radius 2 is 0.790 bits per heavy atom. The van der Waals surface area contributed by atoms with Gasteiger partial charge in [0.15, 0.2) is 0 Å². The predicted molar refractivity (Wildman–Crippen MR) is 472 cm³/mol. The molecule has 0 saturated carbocycles. The van der Waals surface area contributed by atoms with Gasteiger partial charge in [-0.25, -0.2) is 0 Å². The minimum absolute atomic E-state index is 0. The number of rotatable bonds is 13. The molecule has 0 amide bonds. The van der Waals surface area contributed by atoms with Gasteiger partial charge in [0.2, 0.25) is 0 Å². The van der Waals surface area contributed by atoms with Gasteiger partial charge in [0.25, 0.3) is 0 Å². The first-order valence-corrected chi connectivity index (χ1v) is 39.7. The van der Waals surface area contributed by atoms with Crippen LogP contribution in [0.15, 0.2) is 351 Å². The maximum Gasteiger partial charge on any atom is 0.0715 e. The molecule has 14 heterocycles. The van der Waals surface area contributed by atoms with Crippen molar-refractivity contribution in [2.45, 2.75) is 0 Å². The van der Waals surface area contributed by atoms with Crippen molar-refractivity contribution in [2.24, 2.45) is 56.4 Å². The second-order valence-corrected chi connectivity index (χ2v) is 28.0. The van der Waals surface area contributed by atoms with Gasteiger partial charge in [-0.3, -0.25) is 29.2 Å². The number of hydrogen-bond acceptors (Lipinski definition) is 13. The summed E-state index contributed by atoms with van der Waals surface area (Å²) in [7, 11) is 15.7. The molecule has 124 heavy (non-hydrogen) atoms. The topological polar surface area (TPSA) is 196 Å². The fourth-order valence-corrected chi connectivity index (χ4v) is 13.7. The Morgan fingerprint density at radius 3 is 1.25 bits per heavy atom. The number of nitrogens with zero attached hydrogens (tertiary/aromatic N) is 21. The molecule has 14 aromatic heterocycles. The smallest absolute Gasteiger partial charge is 0.0715 e. The Labute approximate surface area is 782 Å². The zero-order valence-corrected chi connectivity index (χ0v) is 79.6. The first-order valence-electron chi connectivity index (χ1n) is 37.9. The minimum Gasteiger partial charge on any atom is -0.535 e. The number of para-hydroxylation sites is 1. The Balaban J connectivity index is 0.000000149. The molecule has 0 spiro atoms. The maximum atomic E-state index is 5.52. The second kappa shape index (κ2) is 47.0. The molecule has 632 valence electrons. The Morgan fingerprint density at radius 1 is 0.339 bits per heavy atom. The predicted octanol–water partition coefficient (Wildman–Crippen LogP) is 19.3. The third-order valence-corrected chi connectivity index (χ3v) is 19.6. The van der Waals surface area contributed by atoms with Crippen LogP contribution in [0.5, 0.6) is 0 Å². The summed E-state index contributed by atoms with van der Waals surface area (Å²) in [6.07, 6.45) is 37.5. The van der Waals surface area contributed by atoms with Gasteiger partial charge in [-0.05, 0) is 93.6 Å². The third-order valence-electron chi connectivity index (χ3n) is 18.4. The van der Waals surface area contributed by atoms with Gasteiger partial charge in [-0.1, -0.05) is 197 Å². The monoisotopic (exact) mass is 2380 g/mol. The fourth-order valence-electron chi connectivity index (χ4n) is 12.6. The van der Waals surface area contributed by atoms with Crippen molar-refractivity contribution in [1.82, 2.24) is 101 Å². The molecule has 21 aromatic rings. The molecular formula is C96H81Ir4N21OS2-8. The van der Waals surface area contributed by atoms with E-state index in [1.165, 1.54) is 5.56 Å². The van der Waals surface area contributed by atoms with E-state index in [0.717, 1.165) is 125 Å². The van der Waals surface area contributed by atoms with Crippen LogP contribution in [0, 0.1) is 47.4 Å². The van der Waals surface area contributed by atoms with Gasteiger partial charge in [0.05, 0.1) is 11.5 Å². The van der Waals surface area contributed by atoms with Gasteiger partial charge in [0.1, 0.15) is 0 Å². The van der Waals surface area contributed by atoms with Crippen LogP contribution in [-0.4, -0.2) is 101 Å². The van der Waals surface area contributed by atoms with Gasteiger partial charge in [0, 0.05) is 235 Å². The maximum absolute atomic E-state index is 5.52. The van der Waals surface area contributed by atoms with Crippen molar-refractivity contribution in [1.29, 1.82) is 0 Å². The molecule has 21 rings (SSSR count). The molecule has 0 aliphatic rings. The normalized spacial score (nSPS) is 10.2. The number of furan rings is 1. The number of imidazole rings is 5. The molecule has 0 aliphatic heterocycles. The van der Waals surface area contributed by atoms with E-state index in [0.29, 0.717) is 0 Å². The number of benzene rings is 7. The average Bonchev–Trinajstić information content (AvgIpc) is 1.65. The minimum atomic E-state index is 0. The molecule has 0 bridgehead atoms. The van der Waals surface area contributed by atoms with Crippen LogP contribution in [0.3, 0.4) is 0 Å². The van der Waals surface area contributed by atoms with Crippen molar-refractivity contribution in [2.75, 3.05) is 0 Å². The van der Waals surface area contributed by atoms with E-state index in [9.17, 15) is 0 Å². The molecule has 0 saturated heterocycles. The molecule has 4 radical (unpaired) electrons. The van der Waals surface area contributed by atoms with Crippen molar-refractivity contribution in [3.8, 4) is 130 Å². The molecule has 7 aromatic carbocycles. The van der Waals surface area contributed by atoms with Crippen molar-refractivity contribution in [3.63, 3.8) is 0 Å². The second-order valence-electron chi connectivity index (χ2n) is 26.6. The first kappa shape index (κ1) is 93.5. The summed E-state index contributed by atoms with van der Waals surface area (Å²) in [5.74, 6) is 5.31. The first-order chi connectivity index (χ1) is 58.9. The largest absolute Gasteiger partial charge is 0.535 e. The molecule has 0 aliphatic carbocycles. The third kappa shape index (κ3) is 23.9. The van der Waals surface area contributed by atoms with Crippen molar-refractivity contribution < 1.29 is 84.8 Å². The summed E-state index contributed by atoms with van der Waals surface area (Å²) in [4.78, 5) is 21.7. The summed E-state index contributed by atoms with van der Waals surface area (Å²) in [6.45, 7) is 0. The summed E-state index contributed by atoms with van der Waals surface area (Å²) >= 11 is 3.10. The quantitative estimate of drug-likeness (QED) is 0.0996. The van der Waals surface area contributed by atoms with Crippen LogP contribution in [0.25, 0.3) is 130 Å². The van der Waals surface area contributed by atoms with E-state index < -0.39 is 0 Å². The zero-order valence-electron chi connectivity index (χ0n) is 68.4. The molecular weight excluding hydrogens is 2300 g/mol. The van der Waals surface area contributed by atoms with Crippen molar-refractivity contribution >= 4 is 22.7 Å². The molecule has 0 N–H and O–H groups in total. The van der Waals surface area contributed by atoms with Crippen LogP contribution in [-0.2, 0) is 137 Å². The average molecular weight is 2380 g/mol. The fraction of sp³-hybridized carbons (Fsp3) is 0.0833. The van der Waals surface area contributed by atoms with Crippen LogP contribution in [0.2, 0.25) is 0 Å². The van der Waals surface area contributed by atoms with Crippen molar-refractivity contribution in [3.05, 3.63) is 394 Å². The Hall–Kier alpha value is -12.8. The molecule has 22 nitrogen and oxygen atoms in total. The molecule has 0 atom stereocenters. The van der Waals surface area contributed by atoms with Gasteiger partial charge < -0.3 is 83.8 Å². The number of thiophene rings is 2. The standard InChI is InChI=1S/C15H14N3.C15H11N2.2C14H13N4.C14H11N2O.C10H9N2.2C7H5N2S.4Ir/c1-17-10-8-13(15-16-9-11-18(15)2)14(17)12-6-4-3-5-7-12;1-3-7-13(8-4-1)15-11-12-16-17(15)14-9-5-2-6-10-14;1-17-9-8-15-14(17)12-10-18(2)16-13(12)11-6-4-3-5-7-11;1-17-9-8-15-14(17)12-10-16-18(2)13(12)11-6-4-3-5-7-11;1-16-9-8-15-14(16)12-7-10-17-13(12)11-5-3-2-4-6-11;1-12-8-7-11-10(12)9-5-3-2-4-6-9;2*1-3-8-9(4-1)7-2-5-10-6-7;;;;/h3-7,9-11H,1-2H3;1-9,11-12H;2*3-9H,1-2H3;2-6,8-10H,1H3;2-5,7-8H,1H3;2*1-5H;;;;/q8*-1;;;;. The Bertz CT molecular complexity index is 6160. The van der Waals surface area contributed by atoms with Crippen LogP contribution in [0.1, 0.15) is 0 Å². The van der Waals surface area contributed by atoms with E-state index in [-0.39, 0.29) is 80.4 Å². The van der Waals surface area contributed by atoms with Gasteiger partial charge in [-0.2, -0.15) is 68.5 Å². The number of aryl methyl sites for hydroxylation is 8. The zero-order chi connectivity index (χ0) is 82.8. The van der Waals surface area contributed by atoms with Gasteiger partial charge >= 0.3 is 0 Å². The van der Waals surface area contributed by atoms with E-state index >= 15 is 0 Å². The number of hydrogen-bond donors (Lipinski definition) is 0. The van der Waals surface area contributed by atoms with E-state index in [2.05, 4.69) is 139 Å². The van der Waals surface area contributed by atoms with Gasteiger partial charge in [-0.15, -0.1) is 70.3 Å². The molecule has 0 fully saturated rings. The number of aromatic nitrogens is 21. The summed E-state index contributed by atoms with van der Waals surface area (Å²) in [5, 5.41) is 31.3. The molecule has 28 heteroatoms. The summed E-state index contributed by atoms with van der Waals surface area (Å²) in [6, 6.07) is 89.0. The van der Waals surface area contributed by atoms with Crippen LogP contribution in [0.4, 0.5) is 0 Å². The van der Waals surface area contributed by atoms with Crippen LogP contribution >= 0.6 is 22.7 Å². The SMILES string of the molecule is Cn1[c-]c(-c2nccn2C)c(-c2ccccc2)n1.Cn1ccnc1-c1[c-]cccc1.Cn1ccnc1-c1[c-]cn(C)c1-c1ccccc1.Cn1ccnc1-c1[c-]coc1-c1ccccc1.Cn1ccnc1-c1[c-]nn(C)c1-c1ccccc1.[Ir].[Ir].[Ir].[Ir].[c-]1ccccc1-n1nccc1-c1ccccc1.[c-]1sccc1-n1cccn1.[c-]1sccc1-n1cccn1. The van der Waals surface area contributed by atoms with Crippen LogP contribution < -0.4 is 0 Å². The summed E-state index contributed by atoms with van der Waals surface area (Å²) < 4.78 is 26.5. The summed E-state index contributed by atoms with van der Waals surface area (Å²) in [5.41, 5.74) is 17.5.